The largest absolute Gasteiger partial charge is 0.454 e. The van der Waals surface area contributed by atoms with Crippen molar-refractivity contribution in [1.29, 1.82) is 0 Å². The fourth-order valence-electron chi connectivity index (χ4n) is 5.28. The van der Waals surface area contributed by atoms with E-state index in [9.17, 15) is 4.79 Å². The Labute approximate surface area is 211 Å². The average molecular weight is 499 g/mol. The van der Waals surface area contributed by atoms with Gasteiger partial charge in [-0.05, 0) is 60.7 Å². The number of hydrogen-bond donors (Lipinski definition) is 2. The number of nitrogens with one attached hydrogen (secondary N) is 2. The van der Waals surface area contributed by atoms with Gasteiger partial charge in [0.1, 0.15) is 12.2 Å². The van der Waals surface area contributed by atoms with Crippen molar-refractivity contribution in [3.8, 4) is 11.5 Å². The third kappa shape index (κ3) is 3.51. The van der Waals surface area contributed by atoms with Crippen molar-refractivity contribution in [3.05, 3.63) is 76.6 Å². The summed E-state index contributed by atoms with van der Waals surface area (Å²) in [7, 11) is 0. The van der Waals surface area contributed by atoms with Crippen LogP contribution in [0.4, 0.5) is 0 Å². The molecular formula is C27H24N5O3S+. The van der Waals surface area contributed by atoms with Gasteiger partial charge in [0.25, 0.3) is 5.91 Å². The Morgan fingerprint density at radius 1 is 1.03 bits per heavy atom. The Balaban J connectivity index is 1.10. The highest BCUT2D eigenvalue weighted by atomic mass is 32.1. The SMILES string of the molecule is O=C(c1ccc2c(c1)[nH]c(=S)n1c3ccccc3nc21)N1CC[NH+](Cc2ccc3c(c2)OCO3)CC1. The Morgan fingerprint density at radius 3 is 2.75 bits per heavy atom. The van der Waals surface area contributed by atoms with Crippen LogP contribution < -0.4 is 14.4 Å². The molecule has 2 aromatic heterocycles. The van der Waals surface area contributed by atoms with Crippen molar-refractivity contribution in [3.63, 3.8) is 0 Å². The predicted octanol–water partition coefficient (Wildman–Crippen LogP) is 2.97. The number of aromatic nitrogens is 3. The minimum Gasteiger partial charge on any atom is -0.454 e. The van der Waals surface area contributed by atoms with E-state index in [-0.39, 0.29) is 12.7 Å². The summed E-state index contributed by atoms with van der Waals surface area (Å²) >= 11 is 5.64. The third-order valence-electron chi connectivity index (χ3n) is 7.16. The molecule has 2 aliphatic rings. The number of para-hydroxylation sites is 2. The number of carbonyl (C=O) groups excluding carboxylic acids is 1. The van der Waals surface area contributed by atoms with Gasteiger partial charge in [0.05, 0.1) is 42.7 Å². The summed E-state index contributed by atoms with van der Waals surface area (Å²) in [5.74, 6) is 1.67. The molecule has 180 valence electrons. The van der Waals surface area contributed by atoms with Crippen LogP contribution in [0.5, 0.6) is 11.5 Å². The highest BCUT2D eigenvalue weighted by Gasteiger charge is 2.26. The number of piperazine rings is 1. The van der Waals surface area contributed by atoms with Gasteiger partial charge in [0.15, 0.2) is 16.3 Å². The lowest BCUT2D eigenvalue weighted by Crippen LogP contribution is -3.13. The van der Waals surface area contributed by atoms with Crippen molar-refractivity contribution < 1.29 is 19.2 Å². The first kappa shape index (κ1) is 21.3. The smallest absolute Gasteiger partial charge is 0.254 e. The molecule has 0 saturated carbocycles. The Hall–Kier alpha value is -3.95. The van der Waals surface area contributed by atoms with Crippen molar-refractivity contribution >= 4 is 45.7 Å². The van der Waals surface area contributed by atoms with E-state index in [1.54, 1.807) is 0 Å². The molecule has 2 aliphatic heterocycles. The average Bonchev–Trinajstić information content (AvgIpc) is 3.53. The number of hydrogen-bond acceptors (Lipinski definition) is 5. The molecular weight excluding hydrogens is 474 g/mol. The molecule has 0 aliphatic carbocycles. The van der Waals surface area contributed by atoms with Gasteiger partial charge in [-0.3, -0.25) is 9.20 Å². The van der Waals surface area contributed by atoms with Gasteiger partial charge in [-0.2, -0.15) is 0 Å². The van der Waals surface area contributed by atoms with E-state index in [1.807, 2.05) is 57.8 Å². The second-order valence-corrected chi connectivity index (χ2v) is 9.74. The maximum atomic E-state index is 13.4. The van der Waals surface area contributed by atoms with Gasteiger partial charge in [0.2, 0.25) is 6.79 Å². The molecule has 9 heteroatoms. The van der Waals surface area contributed by atoms with Gasteiger partial charge in [-0.1, -0.05) is 12.1 Å². The van der Waals surface area contributed by atoms with Crippen LogP contribution in [-0.2, 0) is 6.54 Å². The molecule has 36 heavy (non-hydrogen) atoms. The van der Waals surface area contributed by atoms with Gasteiger partial charge in [-0.15, -0.1) is 0 Å². The zero-order chi connectivity index (χ0) is 24.2. The number of carbonyl (C=O) groups is 1. The molecule has 1 fully saturated rings. The third-order valence-corrected chi connectivity index (χ3v) is 7.45. The second kappa shape index (κ2) is 8.32. The summed E-state index contributed by atoms with van der Waals surface area (Å²) in [4.78, 5) is 24.8. The van der Waals surface area contributed by atoms with Crippen LogP contribution >= 0.6 is 12.2 Å². The maximum absolute atomic E-state index is 13.4. The summed E-state index contributed by atoms with van der Waals surface area (Å²) in [6.45, 7) is 4.43. The number of ether oxygens (including phenoxy) is 2. The van der Waals surface area contributed by atoms with Gasteiger partial charge >= 0.3 is 0 Å². The molecule has 7 rings (SSSR count). The van der Waals surface area contributed by atoms with Gasteiger partial charge in [0, 0.05) is 16.5 Å². The standard InChI is InChI=1S/C27H23N5O3S/c33-26(31-11-9-30(10-12-31)15-17-5-8-23-24(13-17)35-16-34-23)18-6-7-19-21(14-18)29-27(36)32-22-4-2-1-3-20(22)28-25(19)32/h1-8,13-14H,9-12,15-16H2,(H,29,36)/p+1. The maximum Gasteiger partial charge on any atom is 0.254 e. The topological polar surface area (TPSA) is 76.3 Å². The van der Waals surface area contributed by atoms with E-state index in [4.69, 9.17) is 26.7 Å². The number of aromatic amines is 1. The lowest BCUT2D eigenvalue weighted by molar-refractivity contribution is -0.917. The van der Waals surface area contributed by atoms with E-state index in [1.165, 1.54) is 10.5 Å². The molecule has 1 amide bonds. The summed E-state index contributed by atoms with van der Waals surface area (Å²) in [5, 5.41) is 0.939. The Morgan fingerprint density at radius 2 is 1.86 bits per heavy atom. The summed E-state index contributed by atoms with van der Waals surface area (Å²) in [6, 6.07) is 19.8. The van der Waals surface area contributed by atoms with E-state index in [2.05, 4.69) is 17.1 Å². The molecule has 0 spiro atoms. The lowest BCUT2D eigenvalue weighted by atomic mass is 10.1. The van der Waals surface area contributed by atoms with E-state index < -0.39 is 0 Å². The molecule has 3 aromatic carbocycles. The molecule has 1 saturated heterocycles. The number of fused-ring (bicyclic) bond motifs is 6. The van der Waals surface area contributed by atoms with Crippen LogP contribution in [0.25, 0.3) is 27.6 Å². The first-order valence-electron chi connectivity index (χ1n) is 12.1. The van der Waals surface area contributed by atoms with Crippen LogP contribution in [0, 0.1) is 4.77 Å². The number of H-pyrrole nitrogens is 1. The monoisotopic (exact) mass is 498 g/mol. The number of imidazole rings is 1. The van der Waals surface area contributed by atoms with E-state index >= 15 is 0 Å². The predicted molar refractivity (Wildman–Crippen MR) is 138 cm³/mol. The van der Waals surface area contributed by atoms with E-state index in [0.29, 0.717) is 10.3 Å². The van der Waals surface area contributed by atoms with Crippen LogP contribution in [0.15, 0.2) is 60.7 Å². The highest BCUT2D eigenvalue weighted by molar-refractivity contribution is 7.71. The quantitative estimate of drug-likeness (QED) is 0.374. The number of rotatable bonds is 3. The van der Waals surface area contributed by atoms with Crippen molar-refractivity contribution in [2.45, 2.75) is 6.54 Å². The van der Waals surface area contributed by atoms with Crippen LogP contribution in [0.3, 0.4) is 0 Å². The fraction of sp³-hybridized carbons (Fsp3) is 0.222. The van der Waals surface area contributed by atoms with Crippen molar-refractivity contribution in [2.24, 2.45) is 0 Å². The number of nitrogens with zero attached hydrogens (tertiary/aromatic N) is 3. The van der Waals surface area contributed by atoms with E-state index in [0.717, 1.165) is 71.8 Å². The summed E-state index contributed by atoms with van der Waals surface area (Å²) in [6.07, 6.45) is 0. The van der Waals surface area contributed by atoms with Gasteiger partial charge < -0.3 is 24.3 Å². The molecule has 5 aromatic rings. The first-order chi connectivity index (χ1) is 17.6. The molecule has 0 radical (unpaired) electrons. The van der Waals surface area contributed by atoms with Crippen LogP contribution in [0.2, 0.25) is 0 Å². The van der Waals surface area contributed by atoms with Crippen LogP contribution in [0.1, 0.15) is 15.9 Å². The fourth-order valence-corrected chi connectivity index (χ4v) is 5.58. The number of amides is 1. The second-order valence-electron chi connectivity index (χ2n) is 9.36. The molecule has 4 heterocycles. The normalized spacial score (nSPS) is 15.8. The zero-order valence-corrected chi connectivity index (χ0v) is 20.3. The highest BCUT2D eigenvalue weighted by Crippen LogP contribution is 2.32. The minimum absolute atomic E-state index is 0.0479. The first-order valence-corrected chi connectivity index (χ1v) is 12.5. The lowest BCUT2D eigenvalue weighted by Gasteiger charge is -2.32. The van der Waals surface area contributed by atoms with Gasteiger partial charge in [-0.25, -0.2) is 4.98 Å². The number of benzene rings is 3. The molecule has 0 atom stereocenters. The van der Waals surface area contributed by atoms with Crippen molar-refractivity contribution in [1.82, 2.24) is 19.3 Å². The Kier molecular flexibility index (Phi) is 4.93. The summed E-state index contributed by atoms with van der Waals surface area (Å²) in [5.41, 5.74) is 5.36. The van der Waals surface area contributed by atoms with Crippen molar-refractivity contribution in [2.75, 3.05) is 33.0 Å². The summed E-state index contributed by atoms with van der Waals surface area (Å²) < 4.78 is 13.4. The number of quaternary nitrogens is 1. The zero-order valence-electron chi connectivity index (χ0n) is 19.5. The molecule has 2 N–H and O–H groups in total. The molecule has 8 nitrogen and oxygen atoms in total. The minimum atomic E-state index is 0.0479. The molecule has 0 unspecified atom stereocenters. The van der Waals surface area contributed by atoms with Crippen LogP contribution in [-0.4, -0.2) is 58.1 Å². The molecule has 0 bridgehead atoms. The Bertz CT molecular complexity index is 1720.